The second kappa shape index (κ2) is 7.74. The molecule has 4 rings (SSSR count). The molecule has 0 saturated carbocycles. The number of para-hydroxylation sites is 1. The van der Waals surface area contributed by atoms with Crippen molar-refractivity contribution in [3.8, 4) is 5.75 Å². The third-order valence-corrected chi connectivity index (χ3v) is 6.55. The van der Waals surface area contributed by atoms with Crippen LogP contribution >= 0.6 is 0 Å². The van der Waals surface area contributed by atoms with Crippen molar-refractivity contribution in [3.63, 3.8) is 0 Å². The van der Waals surface area contributed by atoms with E-state index in [1.807, 2.05) is 35.2 Å². The van der Waals surface area contributed by atoms with E-state index >= 15 is 0 Å². The molecule has 1 aromatic rings. The fraction of sp³-hybridized carbons (Fsp3) is 0.636. The zero-order valence-corrected chi connectivity index (χ0v) is 16.9. The maximum Gasteiger partial charge on any atom is 0.260 e. The topological polar surface area (TPSA) is 61.9 Å². The van der Waals surface area contributed by atoms with Gasteiger partial charge in [-0.05, 0) is 30.9 Å². The number of hydrogen-bond donors (Lipinski definition) is 1. The number of benzene rings is 1. The van der Waals surface area contributed by atoms with E-state index in [0.29, 0.717) is 30.7 Å². The van der Waals surface area contributed by atoms with Crippen molar-refractivity contribution in [1.82, 2.24) is 15.1 Å². The summed E-state index contributed by atoms with van der Waals surface area (Å²) in [5.74, 6) is 2.04. The van der Waals surface area contributed by atoms with E-state index in [4.69, 9.17) is 4.74 Å². The van der Waals surface area contributed by atoms with Crippen LogP contribution in [0.2, 0.25) is 0 Å². The van der Waals surface area contributed by atoms with Crippen molar-refractivity contribution < 1.29 is 14.3 Å². The third-order valence-electron chi connectivity index (χ3n) is 6.55. The maximum atomic E-state index is 12.6. The molecule has 6 heteroatoms. The van der Waals surface area contributed by atoms with Crippen LogP contribution in [0.4, 0.5) is 0 Å². The molecule has 1 spiro atoms. The molecule has 3 saturated heterocycles. The van der Waals surface area contributed by atoms with Gasteiger partial charge in [-0.3, -0.25) is 9.59 Å². The molecule has 0 aliphatic carbocycles. The highest BCUT2D eigenvalue weighted by Crippen LogP contribution is 2.44. The minimum Gasteiger partial charge on any atom is -0.484 e. The van der Waals surface area contributed by atoms with Crippen molar-refractivity contribution in [2.45, 2.75) is 32.2 Å². The molecule has 3 aliphatic heterocycles. The zero-order chi connectivity index (χ0) is 19.7. The molecule has 0 unspecified atom stereocenters. The van der Waals surface area contributed by atoms with E-state index in [1.165, 1.54) is 0 Å². The summed E-state index contributed by atoms with van der Waals surface area (Å²) < 4.78 is 5.61. The quantitative estimate of drug-likeness (QED) is 0.839. The van der Waals surface area contributed by atoms with E-state index in [-0.39, 0.29) is 29.9 Å². The van der Waals surface area contributed by atoms with E-state index < -0.39 is 0 Å². The lowest BCUT2D eigenvalue weighted by molar-refractivity contribution is -0.135. The summed E-state index contributed by atoms with van der Waals surface area (Å²) >= 11 is 0. The molecule has 0 radical (unpaired) electrons. The van der Waals surface area contributed by atoms with Crippen LogP contribution in [0.25, 0.3) is 0 Å². The predicted octanol–water partition coefficient (Wildman–Crippen LogP) is 1.76. The van der Waals surface area contributed by atoms with E-state index in [1.54, 1.807) is 0 Å². The van der Waals surface area contributed by atoms with Crippen LogP contribution in [0.15, 0.2) is 30.3 Å². The standard InChI is InChI=1S/C22H31N3O3/c1-16(2)12-24-13-18-19(14-24)22(23-21(18)27)8-10-25(11-9-22)20(26)15-28-17-6-4-3-5-7-17/h3-7,16,18-19H,8-15H2,1-2H3,(H,23,27)/t18-,19+/m1/s1. The maximum absolute atomic E-state index is 12.6. The molecule has 1 aromatic carbocycles. The van der Waals surface area contributed by atoms with E-state index in [0.717, 1.165) is 32.5 Å². The summed E-state index contributed by atoms with van der Waals surface area (Å²) in [5.41, 5.74) is -0.134. The highest BCUT2D eigenvalue weighted by molar-refractivity contribution is 5.84. The summed E-state index contributed by atoms with van der Waals surface area (Å²) in [6.07, 6.45) is 1.68. The molecule has 3 fully saturated rings. The van der Waals surface area contributed by atoms with Gasteiger partial charge in [0.2, 0.25) is 5.91 Å². The third kappa shape index (κ3) is 3.75. The fourth-order valence-corrected chi connectivity index (χ4v) is 5.21. The Hall–Kier alpha value is -2.08. The smallest absolute Gasteiger partial charge is 0.260 e. The second-order valence-corrected chi connectivity index (χ2v) is 8.95. The van der Waals surface area contributed by atoms with E-state index in [9.17, 15) is 9.59 Å². The number of carbonyl (C=O) groups is 2. The van der Waals surface area contributed by atoms with Crippen molar-refractivity contribution in [1.29, 1.82) is 0 Å². The van der Waals surface area contributed by atoms with Crippen molar-refractivity contribution in [2.24, 2.45) is 17.8 Å². The minimum atomic E-state index is -0.134. The average molecular weight is 386 g/mol. The molecule has 6 nitrogen and oxygen atoms in total. The lowest BCUT2D eigenvalue weighted by Gasteiger charge is -2.42. The molecule has 28 heavy (non-hydrogen) atoms. The zero-order valence-electron chi connectivity index (χ0n) is 16.9. The largest absolute Gasteiger partial charge is 0.484 e. The first-order valence-corrected chi connectivity index (χ1v) is 10.5. The molecule has 0 aromatic heterocycles. The van der Waals surface area contributed by atoms with Gasteiger partial charge in [0.1, 0.15) is 5.75 Å². The lowest BCUT2D eigenvalue weighted by Crippen LogP contribution is -2.56. The number of ether oxygens (including phenoxy) is 1. The summed E-state index contributed by atoms with van der Waals surface area (Å²) in [5, 5.41) is 3.33. The van der Waals surface area contributed by atoms with E-state index in [2.05, 4.69) is 24.1 Å². The second-order valence-electron chi connectivity index (χ2n) is 8.95. The Bertz CT molecular complexity index is 713. The first-order valence-electron chi connectivity index (χ1n) is 10.5. The average Bonchev–Trinajstić information content (AvgIpc) is 3.20. The van der Waals surface area contributed by atoms with Crippen molar-refractivity contribution in [3.05, 3.63) is 30.3 Å². The number of rotatable bonds is 5. The monoisotopic (exact) mass is 385 g/mol. The van der Waals surface area contributed by atoms with Crippen LogP contribution in [0.1, 0.15) is 26.7 Å². The Morgan fingerprint density at radius 1 is 1.21 bits per heavy atom. The Morgan fingerprint density at radius 3 is 2.61 bits per heavy atom. The van der Waals surface area contributed by atoms with Crippen LogP contribution < -0.4 is 10.1 Å². The molecular weight excluding hydrogens is 354 g/mol. The molecule has 2 amide bonds. The van der Waals surface area contributed by atoms with Gasteiger partial charge in [0.15, 0.2) is 6.61 Å². The number of nitrogens with one attached hydrogen (secondary N) is 1. The number of hydrogen-bond acceptors (Lipinski definition) is 4. The Kier molecular flexibility index (Phi) is 5.32. The highest BCUT2D eigenvalue weighted by atomic mass is 16.5. The molecule has 3 heterocycles. The van der Waals surface area contributed by atoms with Crippen molar-refractivity contribution in [2.75, 3.05) is 39.3 Å². The Labute approximate surface area is 167 Å². The van der Waals surface area contributed by atoms with Crippen LogP contribution in [0, 0.1) is 17.8 Å². The van der Waals surface area contributed by atoms with Gasteiger partial charge in [-0.1, -0.05) is 32.0 Å². The molecule has 152 valence electrons. The van der Waals surface area contributed by atoms with Gasteiger partial charge in [-0.25, -0.2) is 0 Å². The van der Waals surface area contributed by atoms with Crippen LogP contribution in [0.5, 0.6) is 5.75 Å². The molecule has 1 N–H and O–H groups in total. The highest BCUT2D eigenvalue weighted by Gasteiger charge is 2.57. The number of piperidine rings is 1. The summed E-state index contributed by atoms with van der Waals surface area (Å²) in [7, 11) is 0. The van der Waals surface area contributed by atoms with Gasteiger partial charge in [0.25, 0.3) is 5.91 Å². The number of likely N-dealkylation sites (tertiary alicyclic amines) is 2. The summed E-state index contributed by atoms with van der Waals surface area (Å²) in [6, 6.07) is 9.43. The van der Waals surface area contributed by atoms with Crippen LogP contribution in [-0.2, 0) is 9.59 Å². The Balaban J connectivity index is 1.33. The van der Waals surface area contributed by atoms with Gasteiger partial charge >= 0.3 is 0 Å². The van der Waals surface area contributed by atoms with Crippen LogP contribution in [0.3, 0.4) is 0 Å². The summed E-state index contributed by atoms with van der Waals surface area (Å²) in [6.45, 7) is 8.82. The van der Waals surface area contributed by atoms with Gasteiger partial charge < -0.3 is 19.9 Å². The number of amides is 2. The van der Waals surface area contributed by atoms with Gasteiger partial charge in [-0.2, -0.15) is 0 Å². The Morgan fingerprint density at radius 2 is 1.93 bits per heavy atom. The van der Waals surface area contributed by atoms with Crippen LogP contribution in [-0.4, -0.2) is 66.5 Å². The lowest BCUT2D eigenvalue weighted by atomic mass is 9.75. The predicted molar refractivity (Wildman–Crippen MR) is 107 cm³/mol. The molecule has 0 bridgehead atoms. The molecular formula is C22H31N3O3. The van der Waals surface area contributed by atoms with Gasteiger partial charge in [0.05, 0.1) is 5.92 Å². The van der Waals surface area contributed by atoms with Crippen molar-refractivity contribution >= 4 is 11.8 Å². The van der Waals surface area contributed by atoms with Gasteiger partial charge in [-0.15, -0.1) is 0 Å². The minimum absolute atomic E-state index is 0.0208. The first kappa shape index (κ1) is 19.2. The molecule has 3 aliphatic rings. The molecule has 2 atom stereocenters. The fourth-order valence-electron chi connectivity index (χ4n) is 5.21. The number of fused-ring (bicyclic) bond motifs is 2. The van der Waals surface area contributed by atoms with Gasteiger partial charge in [0, 0.05) is 44.2 Å². The SMILES string of the molecule is CC(C)CN1C[C@H]2C(=O)NC3(CCN(C(=O)COc4ccccc4)CC3)[C@H]2C1. The summed E-state index contributed by atoms with van der Waals surface area (Å²) in [4.78, 5) is 29.5. The first-order chi connectivity index (χ1) is 13.5. The number of carbonyl (C=O) groups excluding carboxylic acids is 2. The normalized spacial score (nSPS) is 26.5. The number of nitrogens with zero attached hydrogens (tertiary/aromatic N) is 2.